The molecule has 98 valence electrons. The number of nitrogens with one attached hydrogen (secondary N) is 1. The van der Waals surface area contributed by atoms with Crippen molar-refractivity contribution >= 4 is 23.8 Å². The van der Waals surface area contributed by atoms with Crippen LogP contribution in [0.3, 0.4) is 0 Å². The third-order valence-electron chi connectivity index (χ3n) is 2.76. The van der Waals surface area contributed by atoms with Crippen molar-refractivity contribution in [3.8, 4) is 0 Å². The molecular weight excluding hydrogens is 240 g/mol. The molecule has 1 saturated heterocycles. The molecule has 0 aromatic heterocycles. The lowest BCUT2D eigenvalue weighted by molar-refractivity contribution is -0.139. The van der Waals surface area contributed by atoms with Crippen LogP contribution in [0.4, 0.5) is 4.79 Å². The first-order chi connectivity index (χ1) is 8.02. The Morgan fingerprint density at radius 2 is 2.18 bits per heavy atom. The highest BCUT2D eigenvalue weighted by Gasteiger charge is 2.31. The number of likely N-dealkylation sites (tertiary alicyclic amines) is 1. The Hall–Kier alpha value is -0.910. The number of carbonyl (C=O) groups is 2. The minimum Gasteiger partial charge on any atom is -0.481 e. The molecule has 17 heavy (non-hydrogen) atoms. The van der Waals surface area contributed by atoms with Gasteiger partial charge in [0.1, 0.15) is 0 Å². The minimum atomic E-state index is -0.788. The molecule has 1 rings (SSSR count). The molecule has 0 aliphatic carbocycles. The number of hydrogen-bond donors (Lipinski definition) is 2. The predicted octanol–water partition coefficient (Wildman–Crippen LogP) is 1.10. The zero-order valence-electron chi connectivity index (χ0n) is 10.3. The van der Waals surface area contributed by atoms with Crippen molar-refractivity contribution in [3.63, 3.8) is 0 Å². The van der Waals surface area contributed by atoms with Crippen LogP contribution in [-0.2, 0) is 4.79 Å². The Morgan fingerprint density at radius 1 is 1.53 bits per heavy atom. The molecule has 1 atom stereocenters. The smallest absolute Gasteiger partial charge is 0.317 e. The van der Waals surface area contributed by atoms with E-state index in [0.29, 0.717) is 25.6 Å². The number of amides is 2. The third kappa shape index (κ3) is 4.85. The maximum absolute atomic E-state index is 11.6. The molecule has 1 unspecified atom stereocenters. The normalized spacial score (nSPS) is 17.4. The largest absolute Gasteiger partial charge is 0.481 e. The van der Waals surface area contributed by atoms with Crippen LogP contribution in [-0.4, -0.2) is 53.6 Å². The summed E-state index contributed by atoms with van der Waals surface area (Å²) in [7, 11) is 0. The van der Waals surface area contributed by atoms with Crippen LogP contribution >= 0.6 is 11.8 Å². The summed E-state index contributed by atoms with van der Waals surface area (Å²) in [5.41, 5.74) is 0. The van der Waals surface area contributed by atoms with E-state index in [9.17, 15) is 9.59 Å². The van der Waals surface area contributed by atoms with Crippen molar-refractivity contribution in [2.24, 2.45) is 11.8 Å². The maximum atomic E-state index is 11.6. The van der Waals surface area contributed by atoms with Gasteiger partial charge in [-0.15, -0.1) is 0 Å². The van der Waals surface area contributed by atoms with Gasteiger partial charge in [0.25, 0.3) is 0 Å². The van der Waals surface area contributed by atoms with Crippen LogP contribution in [0, 0.1) is 11.8 Å². The van der Waals surface area contributed by atoms with Gasteiger partial charge in [0.05, 0.1) is 6.42 Å². The van der Waals surface area contributed by atoms with Gasteiger partial charge in [-0.3, -0.25) is 4.79 Å². The molecule has 0 bridgehead atoms. The van der Waals surface area contributed by atoms with Gasteiger partial charge in [0.2, 0.25) is 0 Å². The fourth-order valence-electron chi connectivity index (χ4n) is 1.83. The summed E-state index contributed by atoms with van der Waals surface area (Å²) >= 11 is 1.77. The number of carboxylic acid groups (broad SMARTS) is 1. The van der Waals surface area contributed by atoms with Gasteiger partial charge in [-0.2, -0.15) is 11.8 Å². The number of hydrogen-bond acceptors (Lipinski definition) is 3. The first-order valence-electron chi connectivity index (χ1n) is 5.76. The molecule has 0 radical (unpaired) electrons. The topological polar surface area (TPSA) is 69.6 Å². The average Bonchev–Trinajstić information content (AvgIpc) is 2.19. The monoisotopic (exact) mass is 260 g/mol. The summed E-state index contributed by atoms with van der Waals surface area (Å²) < 4.78 is 0. The van der Waals surface area contributed by atoms with E-state index in [0.717, 1.165) is 5.75 Å². The van der Waals surface area contributed by atoms with E-state index in [-0.39, 0.29) is 18.4 Å². The van der Waals surface area contributed by atoms with Gasteiger partial charge in [0.15, 0.2) is 0 Å². The number of rotatable bonds is 6. The van der Waals surface area contributed by atoms with Crippen LogP contribution in [0.1, 0.15) is 13.3 Å². The lowest BCUT2D eigenvalue weighted by atomic mass is 9.97. The van der Waals surface area contributed by atoms with Crippen molar-refractivity contribution < 1.29 is 14.7 Å². The Balaban J connectivity index is 2.12. The second-order valence-corrected chi connectivity index (χ2v) is 5.53. The van der Waals surface area contributed by atoms with E-state index in [1.54, 1.807) is 16.7 Å². The zero-order valence-corrected chi connectivity index (χ0v) is 11.1. The van der Waals surface area contributed by atoms with E-state index in [2.05, 4.69) is 12.2 Å². The molecule has 5 nitrogen and oxygen atoms in total. The summed E-state index contributed by atoms with van der Waals surface area (Å²) in [5, 5.41) is 11.5. The fourth-order valence-corrected chi connectivity index (χ4v) is 2.52. The summed E-state index contributed by atoms with van der Waals surface area (Å²) in [4.78, 5) is 23.7. The average molecular weight is 260 g/mol. The molecular formula is C11H20N2O3S. The molecule has 2 amide bonds. The molecule has 1 aliphatic rings. The molecule has 0 aromatic rings. The number of aliphatic carboxylic acids is 1. The highest BCUT2D eigenvalue weighted by Crippen LogP contribution is 2.18. The quantitative estimate of drug-likeness (QED) is 0.750. The van der Waals surface area contributed by atoms with Gasteiger partial charge in [-0.1, -0.05) is 6.92 Å². The first kappa shape index (κ1) is 14.2. The van der Waals surface area contributed by atoms with Gasteiger partial charge in [0, 0.05) is 25.6 Å². The van der Waals surface area contributed by atoms with Crippen molar-refractivity contribution in [3.05, 3.63) is 0 Å². The molecule has 0 saturated carbocycles. The van der Waals surface area contributed by atoms with E-state index in [1.165, 1.54) is 0 Å². The molecule has 1 heterocycles. The molecule has 1 aliphatic heterocycles. The molecule has 1 fully saturated rings. The van der Waals surface area contributed by atoms with E-state index < -0.39 is 5.97 Å². The van der Waals surface area contributed by atoms with Gasteiger partial charge in [-0.25, -0.2) is 4.79 Å². The standard InChI is InChI=1S/C11H20N2O3S/c1-8(7-17-2)4-12-11(16)13-5-9(6-13)3-10(14)15/h8-9H,3-7H2,1-2H3,(H,12,16)(H,14,15). The number of urea groups is 1. The van der Waals surface area contributed by atoms with Crippen LogP contribution in [0.5, 0.6) is 0 Å². The lowest BCUT2D eigenvalue weighted by Gasteiger charge is -2.38. The van der Waals surface area contributed by atoms with Crippen LogP contribution < -0.4 is 5.32 Å². The highest BCUT2D eigenvalue weighted by molar-refractivity contribution is 7.98. The highest BCUT2D eigenvalue weighted by atomic mass is 32.2. The van der Waals surface area contributed by atoms with E-state index in [1.807, 2.05) is 6.26 Å². The third-order valence-corrected chi connectivity index (χ3v) is 3.66. The van der Waals surface area contributed by atoms with Gasteiger partial charge < -0.3 is 15.3 Å². The molecule has 0 aromatic carbocycles. The molecule has 0 spiro atoms. The Bertz CT molecular complexity index is 280. The zero-order chi connectivity index (χ0) is 12.8. The number of carboxylic acids is 1. The van der Waals surface area contributed by atoms with Crippen molar-refractivity contribution in [2.45, 2.75) is 13.3 Å². The second-order valence-electron chi connectivity index (χ2n) is 4.62. The Kier molecular flexibility index (Phi) is 5.61. The fraction of sp³-hybridized carbons (Fsp3) is 0.818. The minimum absolute atomic E-state index is 0.0698. The summed E-state index contributed by atoms with van der Waals surface area (Å²) in [6.07, 6.45) is 2.21. The Labute approximate surface area is 106 Å². The SMILES string of the molecule is CSCC(C)CNC(=O)N1CC(CC(=O)O)C1. The summed E-state index contributed by atoms with van der Waals surface area (Å²) in [6, 6.07) is -0.0698. The van der Waals surface area contributed by atoms with Crippen LogP contribution in [0.2, 0.25) is 0 Å². The predicted molar refractivity (Wildman–Crippen MR) is 68.3 cm³/mol. The summed E-state index contributed by atoms with van der Waals surface area (Å²) in [6.45, 7) is 3.91. The Morgan fingerprint density at radius 3 is 2.71 bits per heavy atom. The number of carbonyl (C=O) groups excluding carboxylic acids is 1. The summed E-state index contributed by atoms with van der Waals surface area (Å²) in [5.74, 6) is 0.831. The van der Waals surface area contributed by atoms with Crippen molar-refractivity contribution in [1.82, 2.24) is 10.2 Å². The van der Waals surface area contributed by atoms with Crippen LogP contribution in [0.15, 0.2) is 0 Å². The number of thioether (sulfide) groups is 1. The van der Waals surface area contributed by atoms with Crippen molar-refractivity contribution in [1.29, 1.82) is 0 Å². The van der Waals surface area contributed by atoms with Gasteiger partial charge in [-0.05, 0) is 17.9 Å². The lowest BCUT2D eigenvalue weighted by Crippen LogP contribution is -2.54. The van der Waals surface area contributed by atoms with Crippen molar-refractivity contribution in [2.75, 3.05) is 31.6 Å². The van der Waals surface area contributed by atoms with E-state index in [4.69, 9.17) is 5.11 Å². The first-order valence-corrected chi connectivity index (χ1v) is 7.15. The maximum Gasteiger partial charge on any atom is 0.317 e. The van der Waals surface area contributed by atoms with Gasteiger partial charge >= 0.3 is 12.0 Å². The molecule has 2 N–H and O–H groups in total. The number of nitrogens with zero attached hydrogens (tertiary/aromatic N) is 1. The second kappa shape index (κ2) is 6.74. The van der Waals surface area contributed by atoms with Crippen LogP contribution in [0.25, 0.3) is 0 Å². The molecule has 6 heteroatoms. The van der Waals surface area contributed by atoms with E-state index >= 15 is 0 Å².